The van der Waals surface area contributed by atoms with Crippen molar-refractivity contribution in [3.8, 4) is 0 Å². The fourth-order valence-corrected chi connectivity index (χ4v) is 4.40. The van der Waals surface area contributed by atoms with Gasteiger partial charge in [0.1, 0.15) is 12.7 Å². The van der Waals surface area contributed by atoms with E-state index < -0.39 is 6.10 Å². The third kappa shape index (κ3) is 4.41. The number of nitrogens with one attached hydrogen (secondary N) is 1. The largest absolute Gasteiger partial charge is 0.487 e. The second-order valence-corrected chi connectivity index (χ2v) is 7.67. The van der Waals surface area contributed by atoms with Crippen LogP contribution in [0.5, 0.6) is 0 Å². The Labute approximate surface area is 151 Å². The second kappa shape index (κ2) is 8.50. The van der Waals surface area contributed by atoms with Gasteiger partial charge in [-0.05, 0) is 43.1 Å². The lowest BCUT2D eigenvalue weighted by molar-refractivity contribution is -0.124. The molecule has 2 N–H and O–H groups in total. The lowest BCUT2D eigenvalue weighted by atomic mass is 9.76. The van der Waals surface area contributed by atoms with E-state index in [1.165, 1.54) is 25.7 Å². The molecule has 2 fully saturated rings. The number of allylic oxidation sites excluding steroid dienone is 4. The molecule has 3 aliphatic rings. The van der Waals surface area contributed by atoms with Gasteiger partial charge in [0.15, 0.2) is 5.76 Å². The molecule has 0 spiro atoms. The summed E-state index contributed by atoms with van der Waals surface area (Å²) < 4.78 is 5.63. The second-order valence-electron chi connectivity index (χ2n) is 7.67. The number of fused-ring (bicyclic) bond motifs is 2. The Morgan fingerprint density at radius 1 is 1.33 bits per heavy atom. The van der Waals surface area contributed by atoms with Crippen LogP contribution in [0.2, 0.25) is 0 Å². The van der Waals surface area contributed by atoms with Crippen LogP contribution >= 0.6 is 12.4 Å². The van der Waals surface area contributed by atoms with E-state index in [9.17, 15) is 9.90 Å². The van der Waals surface area contributed by atoms with E-state index in [-0.39, 0.29) is 30.7 Å². The molecule has 2 bridgehead atoms. The highest BCUT2D eigenvalue weighted by atomic mass is 35.5. The van der Waals surface area contributed by atoms with E-state index in [0.29, 0.717) is 24.3 Å². The Bertz CT molecular complexity index is 503. The number of carbonyl (C=O) groups excluding carboxylic acids is 1. The van der Waals surface area contributed by atoms with E-state index >= 15 is 0 Å². The van der Waals surface area contributed by atoms with Gasteiger partial charge in [0.25, 0.3) is 0 Å². The minimum absolute atomic E-state index is 0. The van der Waals surface area contributed by atoms with E-state index in [2.05, 4.69) is 11.4 Å². The zero-order chi connectivity index (χ0) is 16.4. The minimum Gasteiger partial charge on any atom is -0.487 e. The standard InChI is InChI=1S/C19H29NO3.ClH/c1-12(2)20-10-15(21)11-23-18-5-3-4-16(19(18)22)17-9-13-6-7-14(17)8-13;/h3-5,12-17,20-21H,6-11H2,1-2H3;1H. The predicted octanol–water partition coefficient (Wildman–Crippen LogP) is 2.86. The van der Waals surface area contributed by atoms with Crippen molar-refractivity contribution in [2.24, 2.45) is 23.7 Å². The quantitative estimate of drug-likeness (QED) is 0.737. The molecule has 136 valence electrons. The maximum atomic E-state index is 12.7. The summed E-state index contributed by atoms with van der Waals surface area (Å²) in [7, 11) is 0. The summed E-state index contributed by atoms with van der Waals surface area (Å²) in [6, 6.07) is 0.324. The van der Waals surface area contributed by atoms with Crippen molar-refractivity contribution in [1.82, 2.24) is 5.32 Å². The fourth-order valence-electron chi connectivity index (χ4n) is 4.40. The molecule has 3 rings (SSSR count). The van der Waals surface area contributed by atoms with Crippen LogP contribution in [0.15, 0.2) is 24.0 Å². The van der Waals surface area contributed by atoms with Crippen LogP contribution in [0.3, 0.4) is 0 Å². The summed E-state index contributed by atoms with van der Waals surface area (Å²) in [5.74, 6) is 2.57. The van der Waals surface area contributed by atoms with Crippen molar-refractivity contribution in [3.63, 3.8) is 0 Å². The maximum absolute atomic E-state index is 12.7. The molecule has 0 amide bonds. The highest BCUT2D eigenvalue weighted by Gasteiger charge is 2.45. The van der Waals surface area contributed by atoms with Crippen LogP contribution < -0.4 is 5.32 Å². The number of hydrogen-bond donors (Lipinski definition) is 2. The summed E-state index contributed by atoms with van der Waals surface area (Å²) >= 11 is 0. The first-order chi connectivity index (χ1) is 11.0. The van der Waals surface area contributed by atoms with Crippen LogP contribution in [0.1, 0.15) is 39.5 Å². The fraction of sp³-hybridized carbons (Fsp3) is 0.737. The Balaban J connectivity index is 0.00000208. The van der Waals surface area contributed by atoms with Gasteiger partial charge in [0.05, 0.1) is 0 Å². The molecular weight excluding hydrogens is 326 g/mol. The smallest absolute Gasteiger partial charge is 0.204 e. The van der Waals surface area contributed by atoms with Crippen LogP contribution in [-0.2, 0) is 9.53 Å². The number of halogens is 1. The van der Waals surface area contributed by atoms with Gasteiger partial charge in [-0.15, -0.1) is 12.4 Å². The van der Waals surface area contributed by atoms with Gasteiger partial charge in [-0.25, -0.2) is 0 Å². The van der Waals surface area contributed by atoms with Crippen molar-refractivity contribution in [3.05, 3.63) is 24.0 Å². The van der Waals surface area contributed by atoms with E-state index in [1.807, 2.05) is 19.9 Å². The van der Waals surface area contributed by atoms with Gasteiger partial charge >= 0.3 is 0 Å². The number of rotatable bonds is 7. The van der Waals surface area contributed by atoms with Gasteiger partial charge in [-0.2, -0.15) is 0 Å². The van der Waals surface area contributed by atoms with Crippen molar-refractivity contribution in [1.29, 1.82) is 0 Å². The highest BCUT2D eigenvalue weighted by molar-refractivity contribution is 5.98. The molecule has 0 radical (unpaired) electrons. The molecule has 24 heavy (non-hydrogen) atoms. The summed E-state index contributed by atoms with van der Waals surface area (Å²) in [6.45, 7) is 4.70. The summed E-state index contributed by atoms with van der Waals surface area (Å²) in [5.41, 5.74) is 0. The first-order valence-corrected chi connectivity index (χ1v) is 9.01. The molecule has 3 aliphatic carbocycles. The number of carbonyl (C=O) groups is 1. The monoisotopic (exact) mass is 355 g/mol. The van der Waals surface area contributed by atoms with Crippen molar-refractivity contribution in [2.75, 3.05) is 13.2 Å². The zero-order valence-corrected chi connectivity index (χ0v) is 15.4. The van der Waals surface area contributed by atoms with Crippen LogP contribution in [-0.4, -0.2) is 36.2 Å². The number of aliphatic hydroxyl groups excluding tert-OH is 1. The van der Waals surface area contributed by atoms with Crippen molar-refractivity contribution >= 4 is 18.2 Å². The Morgan fingerprint density at radius 3 is 2.75 bits per heavy atom. The first-order valence-electron chi connectivity index (χ1n) is 9.01. The molecule has 5 heteroatoms. The molecule has 4 nitrogen and oxygen atoms in total. The average Bonchev–Trinajstić information content (AvgIpc) is 3.15. The molecule has 0 aromatic carbocycles. The van der Waals surface area contributed by atoms with Gasteiger partial charge < -0.3 is 15.2 Å². The third-order valence-electron chi connectivity index (χ3n) is 5.56. The lowest BCUT2D eigenvalue weighted by Crippen LogP contribution is -2.35. The van der Waals surface area contributed by atoms with E-state index in [0.717, 1.165) is 11.8 Å². The number of ether oxygens (including phenoxy) is 1. The SMILES string of the molecule is CC(C)NCC(O)COC1=CC=CC(C2CC3CCC2C3)C1=O.Cl. The first kappa shape index (κ1) is 19.5. The predicted molar refractivity (Wildman–Crippen MR) is 97.0 cm³/mol. The molecule has 0 aromatic rings. The molecule has 0 heterocycles. The van der Waals surface area contributed by atoms with Crippen molar-refractivity contribution in [2.45, 2.75) is 51.7 Å². The topological polar surface area (TPSA) is 58.6 Å². The molecule has 5 unspecified atom stereocenters. The summed E-state index contributed by atoms with van der Waals surface area (Å²) in [5, 5.41) is 13.1. The minimum atomic E-state index is -0.599. The highest BCUT2D eigenvalue weighted by Crippen LogP contribution is 2.52. The third-order valence-corrected chi connectivity index (χ3v) is 5.56. The Morgan fingerprint density at radius 2 is 2.12 bits per heavy atom. The van der Waals surface area contributed by atoms with Crippen LogP contribution in [0.4, 0.5) is 0 Å². The van der Waals surface area contributed by atoms with E-state index in [1.54, 1.807) is 6.08 Å². The lowest BCUT2D eigenvalue weighted by Gasteiger charge is -2.29. The normalized spacial score (nSPS) is 32.7. The maximum Gasteiger partial charge on any atom is 0.204 e. The molecular formula is C19H30ClNO3. The Hall–Kier alpha value is -0.840. The molecule has 5 atom stereocenters. The van der Waals surface area contributed by atoms with Crippen LogP contribution in [0.25, 0.3) is 0 Å². The molecule has 0 aliphatic heterocycles. The van der Waals surface area contributed by atoms with Gasteiger partial charge in [-0.3, -0.25) is 4.79 Å². The molecule has 2 saturated carbocycles. The van der Waals surface area contributed by atoms with Gasteiger partial charge in [0, 0.05) is 18.5 Å². The summed E-state index contributed by atoms with van der Waals surface area (Å²) in [6.07, 6.45) is 10.3. The number of ketones is 1. The van der Waals surface area contributed by atoms with Crippen molar-refractivity contribution < 1.29 is 14.6 Å². The zero-order valence-electron chi connectivity index (χ0n) is 14.6. The van der Waals surface area contributed by atoms with E-state index in [4.69, 9.17) is 4.74 Å². The van der Waals surface area contributed by atoms with Gasteiger partial charge in [0.2, 0.25) is 5.78 Å². The number of Topliss-reactive ketones (excluding diaryl/α,β-unsaturated/α-hetero) is 1. The van der Waals surface area contributed by atoms with Crippen LogP contribution in [0, 0.1) is 23.7 Å². The van der Waals surface area contributed by atoms with Gasteiger partial charge in [-0.1, -0.05) is 32.4 Å². The average molecular weight is 356 g/mol. The Kier molecular flexibility index (Phi) is 6.90. The summed E-state index contributed by atoms with van der Waals surface area (Å²) in [4.78, 5) is 12.7. The molecule has 0 saturated heterocycles. The number of aliphatic hydroxyl groups is 1. The number of hydrogen-bond acceptors (Lipinski definition) is 4. The molecule has 0 aromatic heterocycles.